The second kappa shape index (κ2) is 3.98. The maximum absolute atomic E-state index is 11.5. The highest BCUT2D eigenvalue weighted by atomic mass is 16.3. The monoisotopic (exact) mass is 210 g/mol. The standard InChI is InChI=1S/C9H14N4O2/c14-5-9(2-3-9)12-8(15)1-4-13-7-10-6-11-13/h6-7,14H,1-5H2,(H,12,15). The second-order valence-electron chi connectivity index (χ2n) is 3.90. The maximum Gasteiger partial charge on any atom is 0.222 e. The lowest BCUT2D eigenvalue weighted by Crippen LogP contribution is -2.39. The van der Waals surface area contributed by atoms with E-state index < -0.39 is 0 Å². The molecule has 0 bridgehead atoms. The largest absolute Gasteiger partial charge is 0.394 e. The van der Waals surface area contributed by atoms with E-state index in [1.165, 1.54) is 6.33 Å². The van der Waals surface area contributed by atoms with Gasteiger partial charge in [0.1, 0.15) is 12.7 Å². The fourth-order valence-electron chi connectivity index (χ4n) is 1.40. The van der Waals surface area contributed by atoms with Crippen LogP contribution in [0.3, 0.4) is 0 Å². The van der Waals surface area contributed by atoms with Gasteiger partial charge in [0.25, 0.3) is 0 Å². The Kier molecular flexibility index (Phi) is 2.68. The Morgan fingerprint density at radius 3 is 2.93 bits per heavy atom. The maximum atomic E-state index is 11.5. The van der Waals surface area contributed by atoms with E-state index >= 15 is 0 Å². The molecule has 0 aromatic carbocycles. The number of amides is 1. The van der Waals surface area contributed by atoms with E-state index in [2.05, 4.69) is 15.4 Å². The van der Waals surface area contributed by atoms with Crippen molar-refractivity contribution in [2.45, 2.75) is 31.3 Å². The van der Waals surface area contributed by atoms with Gasteiger partial charge in [-0.05, 0) is 12.8 Å². The number of hydrogen-bond donors (Lipinski definition) is 2. The number of aliphatic hydroxyl groups is 1. The third kappa shape index (κ3) is 2.53. The minimum Gasteiger partial charge on any atom is -0.394 e. The van der Waals surface area contributed by atoms with E-state index in [4.69, 9.17) is 5.11 Å². The van der Waals surface area contributed by atoms with Crippen LogP contribution in [-0.2, 0) is 11.3 Å². The summed E-state index contributed by atoms with van der Waals surface area (Å²) >= 11 is 0. The number of nitrogens with zero attached hydrogens (tertiary/aromatic N) is 3. The Bertz CT molecular complexity index is 332. The van der Waals surface area contributed by atoms with Crippen LogP contribution in [0, 0.1) is 0 Å². The molecule has 2 rings (SSSR count). The Morgan fingerprint density at radius 2 is 2.40 bits per heavy atom. The summed E-state index contributed by atoms with van der Waals surface area (Å²) in [5.74, 6) is -0.0444. The molecule has 2 N–H and O–H groups in total. The summed E-state index contributed by atoms with van der Waals surface area (Å²) < 4.78 is 1.61. The van der Waals surface area contributed by atoms with Crippen molar-refractivity contribution in [2.24, 2.45) is 0 Å². The molecule has 82 valence electrons. The fourth-order valence-corrected chi connectivity index (χ4v) is 1.40. The molecule has 0 spiro atoms. The average molecular weight is 210 g/mol. The first kappa shape index (κ1) is 10.1. The van der Waals surface area contributed by atoms with Crippen molar-refractivity contribution in [1.82, 2.24) is 20.1 Å². The van der Waals surface area contributed by atoms with Crippen LogP contribution in [0.4, 0.5) is 0 Å². The number of aromatic nitrogens is 3. The van der Waals surface area contributed by atoms with Gasteiger partial charge in [0.2, 0.25) is 5.91 Å². The van der Waals surface area contributed by atoms with Gasteiger partial charge in [0.05, 0.1) is 18.7 Å². The minimum absolute atomic E-state index is 0.0298. The van der Waals surface area contributed by atoms with Gasteiger partial charge in [-0.25, -0.2) is 4.98 Å². The molecule has 15 heavy (non-hydrogen) atoms. The van der Waals surface area contributed by atoms with Crippen LogP contribution in [0.5, 0.6) is 0 Å². The summed E-state index contributed by atoms with van der Waals surface area (Å²) in [6.45, 7) is 0.551. The second-order valence-corrected chi connectivity index (χ2v) is 3.90. The quantitative estimate of drug-likeness (QED) is 0.674. The molecule has 6 nitrogen and oxygen atoms in total. The molecule has 0 atom stereocenters. The highest BCUT2D eigenvalue weighted by Crippen LogP contribution is 2.34. The molecular formula is C9H14N4O2. The number of carbonyl (C=O) groups excluding carboxylic acids is 1. The van der Waals surface area contributed by atoms with Crippen LogP contribution in [0.2, 0.25) is 0 Å². The lowest BCUT2D eigenvalue weighted by atomic mass is 10.2. The van der Waals surface area contributed by atoms with Crippen LogP contribution in [0.15, 0.2) is 12.7 Å². The molecule has 6 heteroatoms. The molecule has 0 radical (unpaired) electrons. The van der Waals surface area contributed by atoms with Crippen molar-refractivity contribution in [2.75, 3.05) is 6.61 Å². The predicted molar refractivity (Wildman–Crippen MR) is 51.8 cm³/mol. The van der Waals surface area contributed by atoms with Gasteiger partial charge < -0.3 is 10.4 Å². The molecule has 1 aromatic rings. The van der Waals surface area contributed by atoms with Crippen molar-refractivity contribution in [1.29, 1.82) is 0 Å². The SMILES string of the molecule is O=C(CCn1cncn1)NC1(CO)CC1. The first-order chi connectivity index (χ1) is 7.24. The summed E-state index contributed by atoms with van der Waals surface area (Å²) in [5.41, 5.74) is -0.320. The van der Waals surface area contributed by atoms with Crippen LogP contribution in [0.25, 0.3) is 0 Å². The number of aryl methyl sites for hydroxylation is 1. The fraction of sp³-hybridized carbons (Fsp3) is 0.667. The number of rotatable bonds is 5. The summed E-state index contributed by atoms with van der Waals surface area (Å²) in [6.07, 6.45) is 5.13. The minimum atomic E-state index is -0.320. The summed E-state index contributed by atoms with van der Waals surface area (Å²) in [4.78, 5) is 15.3. The molecule has 1 aromatic heterocycles. The first-order valence-corrected chi connectivity index (χ1v) is 4.98. The van der Waals surface area contributed by atoms with E-state index in [-0.39, 0.29) is 18.1 Å². The van der Waals surface area contributed by atoms with E-state index in [9.17, 15) is 4.79 Å². The van der Waals surface area contributed by atoms with Crippen LogP contribution >= 0.6 is 0 Å². The first-order valence-electron chi connectivity index (χ1n) is 4.98. The molecule has 0 aliphatic heterocycles. The van der Waals surface area contributed by atoms with Gasteiger partial charge in [-0.3, -0.25) is 9.48 Å². The van der Waals surface area contributed by atoms with E-state index in [0.717, 1.165) is 12.8 Å². The van der Waals surface area contributed by atoms with Gasteiger partial charge in [0.15, 0.2) is 0 Å². The van der Waals surface area contributed by atoms with Crippen LogP contribution in [0.1, 0.15) is 19.3 Å². The molecule has 0 unspecified atom stereocenters. The molecule has 1 heterocycles. The number of aliphatic hydroxyl groups excluding tert-OH is 1. The van der Waals surface area contributed by atoms with Gasteiger partial charge in [-0.2, -0.15) is 5.10 Å². The van der Waals surface area contributed by atoms with Gasteiger partial charge in [-0.15, -0.1) is 0 Å². The van der Waals surface area contributed by atoms with Crippen LogP contribution in [-0.4, -0.2) is 37.9 Å². The molecule has 1 amide bonds. The van der Waals surface area contributed by atoms with Crippen molar-refractivity contribution >= 4 is 5.91 Å². The van der Waals surface area contributed by atoms with Crippen molar-refractivity contribution in [3.05, 3.63) is 12.7 Å². The number of carbonyl (C=O) groups is 1. The molecule has 1 aliphatic carbocycles. The summed E-state index contributed by atoms with van der Waals surface area (Å²) in [5, 5.41) is 15.7. The van der Waals surface area contributed by atoms with Crippen molar-refractivity contribution in [3.8, 4) is 0 Å². The molecule has 0 saturated heterocycles. The van der Waals surface area contributed by atoms with Crippen molar-refractivity contribution < 1.29 is 9.90 Å². The Balaban J connectivity index is 1.73. The molecule has 1 saturated carbocycles. The highest BCUT2D eigenvalue weighted by molar-refractivity contribution is 5.77. The third-order valence-electron chi connectivity index (χ3n) is 2.60. The smallest absolute Gasteiger partial charge is 0.222 e. The number of nitrogens with one attached hydrogen (secondary N) is 1. The van der Waals surface area contributed by atoms with E-state index in [0.29, 0.717) is 13.0 Å². The average Bonchev–Trinajstić information content (AvgIpc) is 2.80. The lowest BCUT2D eigenvalue weighted by molar-refractivity contribution is -0.122. The summed E-state index contributed by atoms with van der Waals surface area (Å²) in [7, 11) is 0. The Hall–Kier alpha value is -1.43. The number of hydrogen-bond acceptors (Lipinski definition) is 4. The zero-order valence-electron chi connectivity index (χ0n) is 8.39. The van der Waals surface area contributed by atoms with Gasteiger partial charge in [-0.1, -0.05) is 0 Å². The Morgan fingerprint density at radius 1 is 1.60 bits per heavy atom. The zero-order chi connectivity index (χ0) is 10.7. The summed E-state index contributed by atoms with van der Waals surface area (Å²) in [6, 6.07) is 0. The van der Waals surface area contributed by atoms with Gasteiger partial charge >= 0.3 is 0 Å². The topological polar surface area (TPSA) is 80.0 Å². The lowest BCUT2D eigenvalue weighted by Gasteiger charge is -2.13. The van der Waals surface area contributed by atoms with Crippen molar-refractivity contribution in [3.63, 3.8) is 0 Å². The molecule has 1 fully saturated rings. The predicted octanol–water partition coefficient (Wildman–Crippen LogP) is -0.691. The van der Waals surface area contributed by atoms with Gasteiger partial charge in [0, 0.05) is 6.42 Å². The Labute approximate surface area is 87.3 Å². The highest BCUT2D eigenvalue weighted by Gasteiger charge is 2.43. The van der Waals surface area contributed by atoms with E-state index in [1.807, 2.05) is 0 Å². The molecular weight excluding hydrogens is 196 g/mol. The molecule has 1 aliphatic rings. The zero-order valence-corrected chi connectivity index (χ0v) is 8.39. The third-order valence-corrected chi connectivity index (χ3v) is 2.60. The van der Waals surface area contributed by atoms with Crippen LogP contribution < -0.4 is 5.32 Å². The van der Waals surface area contributed by atoms with E-state index in [1.54, 1.807) is 11.0 Å². The normalized spacial score (nSPS) is 17.4.